The lowest BCUT2D eigenvalue weighted by Gasteiger charge is -2.17. The highest BCUT2D eigenvalue weighted by Gasteiger charge is 2.09. The van der Waals surface area contributed by atoms with Gasteiger partial charge >= 0.3 is 5.37 Å². The van der Waals surface area contributed by atoms with Gasteiger partial charge in [0.1, 0.15) is 0 Å². The molecule has 1 amide bonds. The maximum atomic E-state index is 10.2. The van der Waals surface area contributed by atoms with Crippen molar-refractivity contribution in [1.29, 1.82) is 0 Å². The van der Waals surface area contributed by atoms with Crippen LogP contribution in [0.4, 0.5) is 4.79 Å². The van der Waals surface area contributed by atoms with E-state index in [1.165, 1.54) is 0 Å². The second-order valence-electron chi connectivity index (χ2n) is 3.51. The van der Waals surface area contributed by atoms with Crippen molar-refractivity contribution in [1.82, 2.24) is 5.32 Å². The predicted molar refractivity (Wildman–Crippen MR) is 43.3 cm³/mol. The quantitative estimate of drug-likeness (QED) is 0.492. The second kappa shape index (κ2) is 3.81. The van der Waals surface area contributed by atoms with Gasteiger partial charge in [-0.3, -0.25) is 4.79 Å². The summed E-state index contributed by atoms with van der Waals surface area (Å²) >= 11 is 5.06. The van der Waals surface area contributed by atoms with Crippen LogP contribution in [-0.2, 0) is 0 Å². The van der Waals surface area contributed by atoms with Crippen LogP contribution < -0.4 is 5.32 Å². The van der Waals surface area contributed by atoms with Gasteiger partial charge in [0.25, 0.3) is 0 Å². The van der Waals surface area contributed by atoms with Gasteiger partial charge in [-0.1, -0.05) is 20.8 Å². The van der Waals surface area contributed by atoms with E-state index in [1.54, 1.807) is 0 Å². The second-order valence-corrected chi connectivity index (χ2v) is 3.85. The Morgan fingerprint density at radius 3 is 2.30 bits per heavy atom. The van der Waals surface area contributed by atoms with Crippen LogP contribution in [0.1, 0.15) is 27.2 Å². The summed E-state index contributed by atoms with van der Waals surface area (Å²) in [4.78, 5) is 10.2. The Hall–Kier alpha value is -0.240. The predicted octanol–water partition coefficient (Wildman–Crippen LogP) is 2.37. The summed E-state index contributed by atoms with van der Waals surface area (Å²) < 4.78 is 0. The normalized spacial score (nSPS) is 11.2. The number of hydrogen-bond acceptors (Lipinski definition) is 1. The standard InChI is InChI=1S/C7H14ClNO/c1-7(2,3)4-5-9-6(8)10/h4-5H2,1-3H3,(H,9,10). The SMILES string of the molecule is CC(C)(C)CCNC(=O)Cl. The zero-order chi connectivity index (χ0) is 8.20. The fourth-order valence-electron chi connectivity index (χ4n) is 0.536. The summed E-state index contributed by atoms with van der Waals surface area (Å²) in [5, 5.41) is 2.06. The molecule has 0 aromatic heterocycles. The van der Waals surface area contributed by atoms with Crippen molar-refractivity contribution in [2.75, 3.05) is 6.54 Å². The van der Waals surface area contributed by atoms with E-state index in [4.69, 9.17) is 11.6 Å². The molecular weight excluding hydrogens is 150 g/mol. The van der Waals surface area contributed by atoms with Gasteiger partial charge in [-0.15, -0.1) is 0 Å². The molecule has 60 valence electrons. The molecule has 2 nitrogen and oxygen atoms in total. The molecule has 0 saturated heterocycles. The molecule has 0 unspecified atom stereocenters. The van der Waals surface area contributed by atoms with E-state index in [2.05, 4.69) is 26.1 Å². The molecule has 0 rings (SSSR count). The molecule has 0 aliphatic heterocycles. The molecular formula is C7H14ClNO. The summed E-state index contributed by atoms with van der Waals surface area (Å²) in [6.07, 6.45) is 0.950. The lowest BCUT2D eigenvalue weighted by Crippen LogP contribution is -2.22. The van der Waals surface area contributed by atoms with Gasteiger partial charge in [0.15, 0.2) is 0 Å². The van der Waals surface area contributed by atoms with Crippen molar-refractivity contribution < 1.29 is 4.79 Å². The van der Waals surface area contributed by atoms with E-state index < -0.39 is 5.37 Å². The fourth-order valence-corrected chi connectivity index (χ4v) is 0.630. The average molecular weight is 164 g/mol. The zero-order valence-electron chi connectivity index (χ0n) is 6.70. The molecule has 0 atom stereocenters. The molecule has 0 aromatic rings. The zero-order valence-corrected chi connectivity index (χ0v) is 7.46. The first-order valence-corrected chi connectivity index (χ1v) is 3.73. The average Bonchev–Trinajstić information content (AvgIpc) is 1.59. The van der Waals surface area contributed by atoms with Crippen LogP contribution in [0, 0.1) is 5.41 Å². The third-order valence-corrected chi connectivity index (χ3v) is 1.27. The highest BCUT2D eigenvalue weighted by atomic mass is 35.5. The Labute approximate surface area is 66.9 Å². The number of rotatable bonds is 2. The van der Waals surface area contributed by atoms with Crippen LogP contribution in [0.3, 0.4) is 0 Å². The van der Waals surface area contributed by atoms with Crippen molar-refractivity contribution >= 4 is 17.0 Å². The molecule has 0 heterocycles. The Bertz CT molecular complexity index is 117. The minimum absolute atomic E-state index is 0.263. The maximum absolute atomic E-state index is 10.2. The van der Waals surface area contributed by atoms with Crippen molar-refractivity contribution in [3.05, 3.63) is 0 Å². The molecule has 10 heavy (non-hydrogen) atoms. The fraction of sp³-hybridized carbons (Fsp3) is 0.857. The molecule has 0 aliphatic carbocycles. The summed E-state index contributed by atoms with van der Waals surface area (Å²) in [6, 6.07) is 0. The smallest absolute Gasteiger partial charge is 0.313 e. The summed E-state index contributed by atoms with van der Waals surface area (Å²) in [5.41, 5.74) is 0.263. The van der Waals surface area contributed by atoms with Gasteiger partial charge < -0.3 is 5.32 Å². The number of halogens is 1. The van der Waals surface area contributed by atoms with Gasteiger partial charge in [-0.05, 0) is 23.4 Å². The van der Waals surface area contributed by atoms with E-state index in [0.29, 0.717) is 6.54 Å². The van der Waals surface area contributed by atoms with Gasteiger partial charge in [-0.2, -0.15) is 0 Å². The molecule has 0 radical (unpaired) electrons. The molecule has 0 aliphatic rings. The Morgan fingerprint density at radius 2 is 2.00 bits per heavy atom. The monoisotopic (exact) mass is 163 g/mol. The molecule has 0 aromatic carbocycles. The molecule has 3 heteroatoms. The molecule has 0 fully saturated rings. The molecule has 0 bridgehead atoms. The van der Waals surface area contributed by atoms with Crippen molar-refractivity contribution in [2.45, 2.75) is 27.2 Å². The number of hydrogen-bond donors (Lipinski definition) is 1. The molecule has 1 N–H and O–H groups in total. The Kier molecular flexibility index (Phi) is 3.72. The number of carbonyl (C=O) groups excluding carboxylic acids is 1. The van der Waals surface area contributed by atoms with E-state index in [9.17, 15) is 4.79 Å². The third kappa shape index (κ3) is 7.76. The summed E-state index contributed by atoms with van der Waals surface area (Å²) in [5.74, 6) is 0. The largest absolute Gasteiger partial charge is 0.343 e. The van der Waals surface area contributed by atoms with Crippen LogP contribution in [-0.4, -0.2) is 11.9 Å². The van der Waals surface area contributed by atoms with E-state index >= 15 is 0 Å². The minimum Gasteiger partial charge on any atom is -0.343 e. The first-order valence-electron chi connectivity index (χ1n) is 3.35. The lowest BCUT2D eigenvalue weighted by molar-refractivity contribution is 0.257. The van der Waals surface area contributed by atoms with Crippen LogP contribution in [0.2, 0.25) is 0 Å². The summed E-state index contributed by atoms with van der Waals surface area (Å²) in [7, 11) is 0. The highest BCUT2D eigenvalue weighted by molar-refractivity contribution is 6.62. The number of nitrogens with one attached hydrogen (secondary N) is 1. The molecule has 0 spiro atoms. The first kappa shape index (κ1) is 9.76. The third-order valence-electron chi connectivity index (χ3n) is 1.14. The van der Waals surface area contributed by atoms with Crippen molar-refractivity contribution in [3.63, 3.8) is 0 Å². The maximum Gasteiger partial charge on any atom is 0.313 e. The van der Waals surface area contributed by atoms with Gasteiger partial charge in [-0.25, -0.2) is 0 Å². The number of amides is 1. The summed E-state index contributed by atoms with van der Waals surface area (Å²) in [6.45, 7) is 7.01. The van der Waals surface area contributed by atoms with Crippen molar-refractivity contribution in [2.24, 2.45) is 5.41 Å². The first-order chi connectivity index (χ1) is 4.42. The van der Waals surface area contributed by atoms with Crippen LogP contribution >= 0.6 is 11.6 Å². The lowest BCUT2D eigenvalue weighted by atomic mass is 9.92. The van der Waals surface area contributed by atoms with Gasteiger partial charge in [0.05, 0.1) is 0 Å². The molecule has 0 saturated carbocycles. The van der Waals surface area contributed by atoms with Crippen LogP contribution in [0.5, 0.6) is 0 Å². The minimum atomic E-state index is -0.468. The van der Waals surface area contributed by atoms with Crippen LogP contribution in [0.25, 0.3) is 0 Å². The van der Waals surface area contributed by atoms with Crippen molar-refractivity contribution in [3.8, 4) is 0 Å². The van der Waals surface area contributed by atoms with E-state index in [0.717, 1.165) is 6.42 Å². The van der Waals surface area contributed by atoms with Gasteiger partial charge in [0, 0.05) is 6.54 Å². The van der Waals surface area contributed by atoms with Gasteiger partial charge in [0.2, 0.25) is 0 Å². The number of carbonyl (C=O) groups is 1. The topological polar surface area (TPSA) is 29.1 Å². The van der Waals surface area contributed by atoms with E-state index in [-0.39, 0.29) is 5.41 Å². The van der Waals surface area contributed by atoms with Crippen LogP contribution in [0.15, 0.2) is 0 Å². The Morgan fingerprint density at radius 1 is 1.50 bits per heavy atom. The highest BCUT2D eigenvalue weighted by Crippen LogP contribution is 2.16. The van der Waals surface area contributed by atoms with E-state index in [1.807, 2.05) is 0 Å². The Balaban J connectivity index is 3.29.